The van der Waals surface area contributed by atoms with E-state index in [9.17, 15) is 10.1 Å². The minimum Gasteiger partial charge on any atom is -0.478 e. The zero-order valence-corrected chi connectivity index (χ0v) is 8.55. The van der Waals surface area contributed by atoms with Crippen molar-refractivity contribution in [3.63, 3.8) is 0 Å². The monoisotopic (exact) mass is 203 g/mol. The predicted molar refractivity (Wildman–Crippen MR) is 56.9 cm³/mol. The number of carbonyl (C=O) groups is 1. The van der Waals surface area contributed by atoms with E-state index in [0.29, 0.717) is 0 Å². The Morgan fingerprint density at radius 1 is 1.67 bits per heavy atom. The molecule has 2 unspecified atom stereocenters. The zero-order chi connectivity index (χ0) is 11.3. The highest BCUT2D eigenvalue weighted by atomic mass is 16.4. The zero-order valence-electron chi connectivity index (χ0n) is 8.55. The molecule has 0 saturated heterocycles. The second kappa shape index (κ2) is 4.61. The molecule has 0 aliphatic heterocycles. The first kappa shape index (κ1) is 11.3. The lowest BCUT2D eigenvalue weighted by Gasteiger charge is -2.28. The number of allylic oxidation sites excluding steroid dienone is 5. The summed E-state index contributed by atoms with van der Waals surface area (Å²) in [5.41, 5.74) is -0.804. The molecular formula is C12H13NO2. The summed E-state index contributed by atoms with van der Waals surface area (Å²) in [6.07, 6.45) is 10.7. The molecule has 1 aliphatic carbocycles. The highest BCUT2D eigenvalue weighted by Crippen LogP contribution is 2.36. The number of hydrogen-bond donors (Lipinski definition) is 1. The van der Waals surface area contributed by atoms with Gasteiger partial charge in [0.1, 0.15) is 5.41 Å². The number of carboxylic acid groups (broad SMARTS) is 1. The summed E-state index contributed by atoms with van der Waals surface area (Å²) in [5.74, 6) is -0.981. The van der Waals surface area contributed by atoms with Crippen LogP contribution in [0.4, 0.5) is 0 Å². The van der Waals surface area contributed by atoms with E-state index in [4.69, 9.17) is 5.11 Å². The van der Waals surface area contributed by atoms with Gasteiger partial charge in [-0.25, -0.2) is 4.79 Å². The smallest absolute Gasteiger partial charge is 0.328 e. The van der Waals surface area contributed by atoms with Gasteiger partial charge in [0, 0.05) is 12.0 Å². The summed E-state index contributed by atoms with van der Waals surface area (Å²) in [6.45, 7) is 1.98. The Hall–Kier alpha value is -1.82. The van der Waals surface area contributed by atoms with Crippen LogP contribution >= 0.6 is 0 Å². The van der Waals surface area contributed by atoms with Crippen molar-refractivity contribution in [2.24, 2.45) is 11.3 Å². The van der Waals surface area contributed by atoms with Crippen LogP contribution < -0.4 is 0 Å². The van der Waals surface area contributed by atoms with Crippen LogP contribution in [0.1, 0.15) is 13.3 Å². The van der Waals surface area contributed by atoms with Crippen molar-refractivity contribution in [2.45, 2.75) is 13.3 Å². The average molecular weight is 203 g/mol. The first-order valence-electron chi connectivity index (χ1n) is 4.84. The average Bonchev–Trinajstić information content (AvgIpc) is 2.26. The van der Waals surface area contributed by atoms with E-state index >= 15 is 0 Å². The molecule has 0 aromatic rings. The number of hydrogen-bond acceptors (Lipinski definition) is 2. The normalized spacial score (nSPS) is 29.2. The Labute approximate surface area is 89.0 Å². The highest BCUT2D eigenvalue weighted by molar-refractivity contribution is 5.80. The third kappa shape index (κ3) is 2.35. The lowest BCUT2D eigenvalue weighted by atomic mass is 9.72. The SMILES string of the molecule is CCC1C=CC=CC1(C#N)/C=C/C(=O)O. The molecule has 1 rings (SSSR count). The second-order valence-electron chi connectivity index (χ2n) is 3.48. The maximum atomic E-state index is 10.5. The molecule has 0 heterocycles. The third-order valence-corrected chi connectivity index (χ3v) is 2.58. The Morgan fingerprint density at radius 3 is 2.93 bits per heavy atom. The van der Waals surface area contributed by atoms with Crippen LogP contribution in [0.15, 0.2) is 36.5 Å². The molecule has 1 N–H and O–H groups in total. The van der Waals surface area contributed by atoms with Gasteiger partial charge in [0.15, 0.2) is 0 Å². The van der Waals surface area contributed by atoms with E-state index < -0.39 is 11.4 Å². The van der Waals surface area contributed by atoms with Crippen molar-refractivity contribution < 1.29 is 9.90 Å². The molecule has 0 amide bonds. The second-order valence-corrected chi connectivity index (χ2v) is 3.48. The van der Waals surface area contributed by atoms with E-state index in [-0.39, 0.29) is 5.92 Å². The number of carboxylic acids is 1. The van der Waals surface area contributed by atoms with Crippen LogP contribution in [-0.4, -0.2) is 11.1 Å². The maximum Gasteiger partial charge on any atom is 0.328 e. The fraction of sp³-hybridized carbons (Fsp3) is 0.333. The molecule has 0 aromatic carbocycles. The summed E-state index contributed by atoms with van der Waals surface area (Å²) >= 11 is 0. The molecular weight excluding hydrogens is 190 g/mol. The summed E-state index contributed by atoms with van der Waals surface area (Å²) in [7, 11) is 0. The van der Waals surface area contributed by atoms with E-state index in [1.165, 1.54) is 6.08 Å². The molecule has 2 atom stereocenters. The van der Waals surface area contributed by atoms with Crippen molar-refractivity contribution >= 4 is 5.97 Å². The van der Waals surface area contributed by atoms with Gasteiger partial charge in [-0.3, -0.25) is 0 Å². The molecule has 1 aliphatic rings. The summed E-state index contributed by atoms with van der Waals surface area (Å²) in [6, 6.07) is 2.19. The van der Waals surface area contributed by atoms with Crippen molar-refractivity contribution in [1.82, 2.24) is 0 Å². The van der Waals surface area contributed by atoms with E-state index in [0.717, 1.165) is 12.5 Å². The minimum atomic E-state index is -1.03. The van der Waals surface area contributed by atoms with Gasteiger partial charge in [0.2, 0.25) is 0 Å². The molecule has 0 fully saturated rings. The fourth-order valence-corrected chi connectivity index (χ4v) is 1.72. The van der Waals surface area contributed by atoms with Crippen LogP contribution in [0.2, 0.25) is 0 Å². The molecule has 0 aromatic heterocycles. The molecule has 0 radical (unpaired) electrons. The van der Waals surface area contributed by atoms with Crippen molar-refractivity contribution in [1.29, 1.82) is 5.26 Å². The number of nitriles is 1. The minimum absolute atomic E-state index is 0.0445. The van der Waals surface area contributed by atoms with E-state index in [1.54, 1.807) is 12.2 Å². The van der Waals surface area contributed by atoms with Gasteiger partial charge in [-0.15, -0.1) is 0 Å². The van der Waals surface area contributed by atoms with E-state index in [2.05, 4.69) is 6.07 Å². The molecule has 78 valence electrons. The van der Waals surface area contributed by atoms with Gasteiger partial charge in [-0.2, -0.15) is 5.26 Å². The van der Waals surface area contributed by atoms with Gasteiger partial charge in [-0.05, 0) is 6.42 Å². The Morgan fingerprint density at radius 2 is 2.40 bits per heavy atom. The van der Waals surface area contributed by atoms with Crippen LogP contribution in [0.5, 0.6) is 0 Å². The Balaban J connectivity index is 3.03. The number of nitrogens with zero attached hydrogens (tertiary/aromatic N) is 1. The van der Waals surface area contributed by atoms with Crippen molar-refractivity contribution in [2.75, 3.05) is 0 Å². The van der Waals surface area contributed by atoms with Gasteiger partial charge in [0.25, 0.3) is 0 Å². The largest absolute Gasteiger partial charge is 0.478 e. The lowest BCUT2D eigenvalue weighted by Crippen LogP contribution is -2.24. The van der Waals surface area contributed by atoms with Gasteiger partial charge in [0.05, 0.1) is 6.07 Å². The summed E-state index contributed by atoms with van der Waals surface area (Å²) in [5, 5.41) is 17.8. The quantitative estimate of drug-likeness (QED) is 0.716. The fourth-order valence-electron chi connectivity index (χ4n) is 1.72. The molecule has 0 saturated carbocycles. The predicted octanol–water partition coefficient (Wildman–Crippen LogP) is 2.29. The molecule has 3 heteroatoms. The third-order valence-electron chi connectivity index (χ3n) is 2.58. The number of rotatable bonds is 3. The Bertz CT molecular complexity index is 374. The van der Waals surface area contributed by atoms with Crippen LogP contribution in [0.3, 0.4) is 0 Å². The van der Waals surface area contributed by atoms with Crippen molar-refractivity contribution in [3.05, 3.63) is 36.5 Å². The molecule has 0 bridgehead atoms. The molecule has 15 heavy (non-hydrogen) atoms. The topological polar surface area (TPSA) is 61.1 Å². The maximum absolute atomic E-state index is 10.5. The Kier molecular flexibility index (Phi) is 3.46. The van der Waals surface area contributed by atoms with Gasteiger partial charge >= 0.3 is 5.97 Å². The lowest BCUT2D eigenvalue weighted by molar-refractivity contribution is -0.131. The highest BCUT2D eigenvalue weighted by Gasteiger charge is 2.32. The van der Waals surface area contributed by atoms with Crippen LogP contribution in [0, 0.1) is 22.7 Å². The summed E-state index contributed by atoms with van der Waals surface area (Å²) in [4.78, 5) is 10.5. The van der Waals surface area contributed by atoms with E-state index in [1.807, 2.05) is 19.1 Å². The van der Waals surface area contributed by atoms with Crippen LogP contribution in [-0.2, 0) is 4.79 Å². The van der Waals surface area contributed by atoms with Gasteiger partial charge in [-0.1, -0.05) is 37.3 Å². The van der Waals surface area contributed by atoms with Crippen molar-refractivity contribution in [3.8, 4) is 6.07 Å². The first-order chi connectivity index (χ1) is 7.14. The van der Waals surface area contributed by atoms with Crippen LogP contribution in [0.25, 0.3) is 0 Å². The van der Waals surface area contributed by atoms with Gasteiger partial charge < -0.3 is 5.11 Å². The molecule has 0 spiro atoms. The standard InChI is InChI=1S/C12H13NO2/c1-2-10-5-3-4-7-12(10,9-13)8-6-11(14)15/h3-8,10H,2H2,1H3,(H,14,15)/b8-6+. The first-order valence-corrected chi connectivity index (χ1v) is 4.84. The number of aliphatic carboxylic acids is 1. The summed E-state index contributed by atoms with van der Waals surface area (Å²) < 4.78 is 0. The molecule has 3 nitrogen and oxygen atoms in total.